The van der Waals surface area contributed by atoms with Gasteiger partial charge in [0, 0.05) is 40.0 Å². The minimum absolute atomic E-state index is 0.351. The van der Waals surface area contributed by atoms with Gasteiger partial charge in [-0.1, -0.05) is 6.07 Å². The van der Waals surface area contributed by atoms with Crippen molar-refractivity contribution in [2.24, 2.45) is 4.99 Å². The second-order valence-electron chi connectivity index (χ2n) is 7.31. The van der Waals surface area contributed by atoms with E-state index in [9.17, 15) is 0 Å². The molecule has 1 aliphatic heterocycles. The van der Waals surface area contributed by atoms with E-state index in [1.165, 1.54) is 11.1 Å². The molecule has 6 heteroatoms. The van der Waals surface area contributed by atoms with Gasteiger partial charge < -0.3 is 24.4 Å². The van der Waals surface area contributed by atoms with Crippen molar-refractivity contribution in [2.45, 2.75) is 46.1 Å². The van der Waals surface area contributed by atoms with E-state index < -0.39 is 0 Å². The van der Waals surface area contributed by atoms with Crippen molar-refractivity contribution in [2.75, 3.05) is 53.1 Å². The number of benzene rings is 1. The second-order valence-corrected chi connectivity index (χ2v) is 7.31. The van der Waals surface area contributed by atoms with Gasteiger partial charge in [0.15, 0.2) is 5.96 Å². The predicted molar refractivity (Wildman–Crippen MR) is 114 cm³/mol. The topological polar surface area (TPSA) is 55.3 Å². The number of guanidine groups is 1. The van der Waals surface area contributed by atoms with Crippen LogP contribution in [0.15, 0.2) is 23.2 Å². The highest BCUT2D eigenvalue weighted by atomic mass is 16.5. The lowest BCUT2D eigenvalue weighted by molar-refractivity contribution is 0.00989. The summed E-state index contributed by atoms with van der Waals surface area (Å²) >= 11 is 0. The Morgan fingerprint density at radius 1 is 1.11 bits per heavy atom. The fraction of sp³-hybridized carbons (Fsp3) is 0.682. The first-order chi connectivity index (χ1) is 13.6. The number of hydrogen-bond acceptors (Lipinski definition) is 4. The Labute approximate surface area is 170 Å². The van der Waals surface area contributed by atoms with Gasteiger partial charge in [-0.15, -0.1) is 0 Å². The summed E-state index contributed by atoms with van der Waals surface area (Å²) in [6, 6.07) is 6.29. The monoisotopic (exact) mass is 391 g/mol. The van der Waals surface area contributed by atoms with Crippen LogP contribution in [0.25, 0.3) is 0 Å². The molecule has 1 aromatic rings. The molecule has 1 saturated heterocycles. The third kappa shape index (κ3) is 8.07. The van der Waals surface area contributed by atoms with Crippen molar-refractivity contribution in [3.8, 4) is 5.75 Å². The number of hydrogen-bond donors (Lipinski definition) is 1. The summed E-state index contributed by atoms with van der Waals surface area (Å²) < 4.78 is 16.9. The van der Waals surface area contributed by atoms with E-state index in [1.807, 2.05) is 0 Å². The van der Waals surface area contributed by atoms with E-state index in [0.717, 1.165) is 63.8 Å². The Kier molecular flexibility index (Phi) is 10.1. The van der Waals surface area contributed by atoms with Gasteiger partial charge in [0.1, 0.15) is 12.4 Å². The number of likely N-dealkylation sites (tertiary alicyclic amines) is 1. The van der Waals surface area contributed by atoms with Crippen molar-refractivity contribution < 1.29 is 14.2 Å². The Hall–Kier alpha value is -1.79. The lowest BCUT2D eigenvalue weighted by atomic mass is 10.1. The molecule has 0 bridgehead atoms. The molecule has 0 atom stereocenters. The lowest BCUT2D eigenvalue weighted by Gasteiger charge is -2.34. The van der Waals surface area contributed by atoms with Gasteiger partial charge in [0.05, 0.1) is 12.6 Å². The summed E-state index contributed by atoms with van der Waals surface area (Å²) in [7, 11) is 1.73. The number of rotatable bonds is 10. The zero-order valence-corrected chi connectivity index (χ0v) is 18.0. The minimum Gasteiger partial charge on any atom is -0.492 e. The highest BCUT2D eigenvalue weighted by Gasteiger charge is 2.21. The number of aliphatic imine (C=N–C) groups is 1. The standard InChI is InChI=1S/C22H37N3O3/c1-5-23-22(24-9-14-28-21-16-18(2)15-19(3)17-21)25-10-7-20(8-11-25)27-13-6-12-26-4/h15-17,20H,5-14H2,1-4H3,(H,23,24). The van der Waals surface area contributed by atoms with Gasteiger partial charge in [-0.25, -0.2) is 4.99 Å². The summed E-state index contributed by atoms with van der Waals surface area (Å²) in [4.78, 5) is 7.09. The van der Waals surface area contributed by atoms with E-state index in [2.05, 4.69) is 49.2 Å². The molecular weight excluding hydrogens is 354 g/mol. The van der Waals surface area contributed by atoms with Crippen LogP contribution in [0.3, 0.4) is 0 Å². The van der Waals surface area contributed by atoms with E-state index in [4.69, 9.17) is 19.2 Å². The normalized spacial score (nSPS) is 15.7. The maximum Gasteiger partial charge on any atom is 0.194 e. The second kappa shape index (κ2) is 12.6. The summed E-state index contributed by atoms with van der Waals surface area (Å²) in [5.41, 5.74) is 2.44. The maximum absolute atomic E-state index is 5.95. The maximum atomic E-state index is 5.95. The molecule has 28 heavy (non-hydrogen) atoms. The summed E-state index contributed by atoms with van der Waals surface area (Å²) in [6.45, 7) is 11.9. The number of nitrogens with one attached hydrogen (secondary N) is 1. The van der Waals surface area contributed by atoms with Crippen molar-refractivity contribution in [3.63, 3.8) is 0 Å². The molecule has 0 aliphatic carbocycles. The van der Waals surface area contributed by atoms with E-state index >= 15 is 0 Å². The fourth-order valence-corrected chi connectivity index (χ4v) is 3.44. The van der Waals surface area contributed by atoms with Crippen molar-refractivity contribution in [1.82, 2.24) is 10.2 Å². The van der Waals surface area contributed by atoms with Crippen LogP contribution in [0.1, 0.15) is 37.3 Å². The molecule has 1 aliphatic rings. The van der Waals surface area contributed by atoms with Crippen LogP contribution in [0.5, 0.6) is 5.75 Å². The average Bonchev–Trinajstić information content (AvgIpc) is 2.67. The van der Waals surface area contributed by atoms with Crippen LogP contribution < -0.4 is 10.1 Å². The third-order valence-corrected chi connectivity index (χ3v) is 4.74. The predicted octanol–water partition coefficient (Wildman–Crippen LogP) is 3.17. The Morgan fingerprint density at radius 3 is 2.46 bits per heavy atom. The Bertz CT molecular complexity index is 578. The van der Waals surface area contributed by atoms with Crippen LogP contribution in [-0.2, 0) is 9.47 Å². The molecule has 0 amide bonds. The van der Waals surface area contributed by atoms with Crippen molar-refractivity contribution in [1.29, 1.82) is 0 Å². The van der Waals surface area contributed by atoms with Gasteiger partial charge in [-0.3, -0.25) is 0 Å². The largest absolute Gasteiger partial charge is 0.492 e. The number of nitrogens with zero attached hydrogens (tertiary/aromatic N) is 2. The SMILES string of the molecule is CCNC(=NCCOc1cc(C)cc(C)c1)N1CCC(OCCCOC)CC1. The quantitative estimate of drug-likeness (QED) is 0.377. The summed E-state index contributed by atoms with van der Waals surface area (Å²) in [5.74, 6) is 1.90. The number of methoxy groups -OCH3 is 1. The number of ether oxygens (including phenoxy) is 3. The molecule has 0 saturated carbocycles. The molecule has 0 unspecified atom stereocenters. The van der Waals surface area contributed by atoms with Crippen LogP contribution >= 0.6 is 0 Å². The number of aryl methyl sites for hydroxylation is 2. The van der Waals surface area contributed by atoms with Gasteiger partial charge in [-0.2, -0.15) is 0 Å². The Balaban J connectivity index is 1.75. The molecule has 1 fully saturated rings. The highest BCUT2D eigenvalue weighted by molar-refractivity contribution is 5.80. The first kappa shape index (κ1) is 22.5. The van der Waals surface area contributed by atoms with Gasteiger partial charge >= 0.3 is 0 Å². The summed E-state index contributed by atoms with van der Waals surface area (Å²) in [5, 5.41) is 3.41. The van der Waals surface area contributed by atoms with E-state index in [0.29, 0.717) is 19.3 Å². The molecule has 2 rings (SSSR count). The van der Waals surface area contributed by atoms with E-state index in [-0.39, 0.29) is 0 Å². The first-order valence-corrected chi connectivity index (χ1v) is 10.5. The van der Waals surface area contributed by atoms with Crippen LogP contribution in [0.4, 0.5) is 0 Å². The molecule has 0 spiro atoms. The fourth-order valence-electron chi connectivity index (χ4n) is 3.44. The molecule has 0 radical (unpaired) electrons. The third-order valence-electron chi connectivity index (χ3n) is 4.74. The van der Waals surface area contributed by atoms with Crippen LogP contribution in [0.2, 0.25) is 0 Å². The highest BCUT2D eigenvalue weighted by Crippen LogP contribution is 2.16. The number of piperidine rings is 1. The van der Waals surface area contributed by atoms with Crippen molar-refractivity contribution in [3.05, 3.63) is 29.3 Å². The van der Waals surface area contributed by atoms with Gasteiger partial charge in [-0.05, 0) is 63.3 Å². The zero-order chi connectivity index (χ0) is 20.2. The zero-order valence-electron chi connectivity index (χ0n) is 18.0. The summed E-state index contributed by atoms with van der Waals surface area (Å²) in [6.07, 6.45) is 3.39. The lowest BCUT2D eigenvalue weighted by Crippen LogP contribution is -2.47. The van der Waals surface area contributed by atoms with Gasteiger partial charge in [0.2, 0.25) is 0 Å². The van der Waals surface area contributed by atoms with Gasteiger partial charge in [0.25, 0.3) is 0 Å². The first-order valence-electron chi connectivity index (χ1n) is 10.5. The Morgan fingerprint density at radius 2 is 1.82 bits per heavy atom. The average molecular weight is 392 g/mol. The molecule has 6 nitrogen and oxygen atoms in total. The molecule has 1 aromatic carbocycles. The van der Waals surface area contributed by atoms with Crippen LogP contribution in [-0.4, -0.2) is 70.1 Å². The van der Waals surface area contributed by atoms with E-state index in [1.54, 1.807) is 7.11 Å². The minimum atomic E-state index is 0.351. The van der Waals surface area contributed by atoms with Crippen molar-refractivity contribution >= 4 is 5.96 Å². The molecule has 1 heterocycles. The van der Waals surface area contributed by atoms with Crippen LogP contribution in [0, 0.1) is 13.8 Å². The molecular formula is C22H37N3O3. The molecule has 158 valence electrons. The molecule has 0 aromatic heterocycles. The molecule has 1 N–H and O–H groups in total. The smallest absolute Gasteiger partial charge is 0.194 e.